The quantitative estimate of drug-likeness (QED) is 0.428. The topological polar surface area (TPSA) is 77.8 Å². The maximum absolute atomic E-state index is 14.0. The molecular formula is C22H29F2NO4. The van der Waals surface area contributed by atoms with E-state index in [0.717, 1.165) is 5.56 Å². The van der Waals surface area contributed by atoms with Crippen molar-refractivity contribution in [1.29, 1.82) is 0 Å². The Hall–Kier alpha value is -2.28. The number of hydrogen-bond acceptors (Lipinski definition) is 3. The third kappa shape index (κ3) is 6.63. The molecule has 2 N–H and O–H groups in total. The fourth-order valence-corrected chi connectivity index (χ4v) is 3.53. The van der Waals surface area contributed by atoms with Gasteiger partial charge in [0.2, 0.25) is 0 Å². The van der Waals surface area contributed by atoms with Crippen molar-refractivity contribution in [2.45, 2.75) is 69.4 Å². The van der Waals surface area contributed by atoms with Gasteiger partial charge in [-0.1, -0.05) is 62.2 Å². The summed E-state index contributed by atoms with van der Waals surface area (Å²) in [5.41, 5.74) is 0.940. The Kier molecular flexibility index (Phi) is 8.32. The number of benzene rings is 1. The van der Waals surface area contributed by atoms with Crippen molar-refractivity contribution >= 4 is 11.9 Å². The van der Waals surface area contributed by atoms with E-state index in [-0.39, 0.29) is 18.9 Å². The van der Waals surface area contributed by atoms with Gasteiger partial charge in [-0.05, 0) is 18.4 Å². The van der Waals surface area contributed by atoms with Gasteiger partial charge in [0.05, 0.1) is 12.1 Å². The molecular weight excluding hydrogens is 380 g/mol. The molecule has 1 aromatic rings. The maximum Gasteiger partial charge on any atom is 0.327 e. The summed E-state index contributed by atoms with van der Waals surface area (Å²) in [6.45, 7) is 2.05. The Bertz CT molecular complexity index is 708. The van der Waals surface area contributed by atoms with Gasteiger partial charge >= 0.3 is 11.9 Å². The molecule has 7 heteroatoms. The van der Waals surface area contributed by atoms with E-state index >= 15 is 0 Å². The number of likely N-dealkylation sites (tertiary alicyclic amines) is 1. The van der Waals surface area contributed by atoms with Crippen LogP contribution in [0.15, 0.2) is 42.5 Å². The highest BCUT2D eigenvalue weighted by molar-refractivity contribution is 5.86. The molecule has 160 valence electrons. The van der Waals surface area contributed by atoms with E-state index in [0.29, 0.717) is 25.7 Å². The van der Waals surface area contributed by atoms with Gasteiger partial charge in [-0.25, -0.2) is 0 Å². The molecule has 0 aromatic heterocycles. The van der Waals surface area contributed by atoms with Gasteiger partial charge in [0.25, 0.3) is 5.91 Å². The van der Waals surface area contributed by atoms with Crippen molar-refractivity contribution in [2.24, 2.45) is 0 Å². The molecule has 1 heterocycles. The first-order valence-electron chi connectivity index (χ1n) is 10.0. The molecule has 2 rings (SSSR count). The zero-order chi connectivity index (χ0) is 21.4. The molecule has 1 aliphatic rings. The van der Waals surface area contributed by atoms with Crippen molar-refractivity contribution in [2.75, 3.05) is 6.54 Å². The molecule has 3 atom stereocenters. The zero-order valence-electron chi connectivity index (χ0n) is 16.6. The molecule has 1 aliphatic heterocycles. The van der Waals surface area contributed by atoms with Crippen LogP contribution >= 0.6 is 0 Å². The summed E-state index contributed by atoms with van der Waals surface area (Å²) in [5.74, 6) is -5.63. The molecule has 1 aromatic carbocycles. The second-order valence-corrected chi connectivity index (χ2v) is 7.61. The molecule has 1 saturated heterocycles. The van der Waals surface area contributed by atoms with E-state index in [4.69, 9.17) is 5.11 Å². The lowest BCUT2D eigenvalue weighted by molar-refractivity contribution is -0.148. The fourth-order valence-electron chi connectivity index (χ4n) is 3.53. The lowest BCUT2D eigenvalue weighted by Crippen LogP contribution is -2.36. The molecule has 1 fully saturated rings. The third-order valence-corrected chi connectivity index (χ3v) is 5.35. The summed E-state index contributed by atoms with van der Waals surface area (Å²) in [5, 5.41) is 19.0. The molecule has 0 aliphatic carbocycles. The first-order valence-corrected chi connectivity index (χ1v) is 10.0. The second-order valence-electron chi connectivity index (χ2n) is 7.61. The number of aliphatic hydroxyl groups is 1. The first kappa shape index (κ1) is 23.0. The Labute approximate surface area is 170 Å². The minimum Gasteiger partial charge on any atom is -0.481 e. The number of carboxylic acid groups (broad SMARTS) is 1. The number of halogens is 2. The largest absolute Gasteiger partial charge is 0.481 e. The number of rotatable bonds is 11. The van der Waals surface area contributed by atoms with Crippen molar-refractivity contribution in [3.05, 3.63) is 48.0 Å². The van der Waals surface area contributed by atoms with Crippen molar-refractivity contribution in [3.8, 4) is 0 Å². The number of unbranched alkanes of at least 4 members (excludes halogenated alkanes) is 3. The van der Waals surface area contributed by atoms with Gasteiger partial charge in [-0.2, -0.15) is 8.78 Å². The van der Waals surface area contributed by atoms with Crippen LogP contribution in [0.5, 0.6) is 0 Å². The van der Waals surface area contributed by atoms with Crippen molar-refractivity contribution in [1.82, 2.24) is 4.90 Å². The van der Waals surface area contributed by atoms with Crippen LogP contribution in [0.1, 0.15) is 56.9 Å². The Morgan fingerprint density at radius 2 is 1.90 bits per heavy atom. The average molecular weight is 409 g/mol. The smallest absolute Gasteiger partial charge is 0.327 e. The van der Waals surface area contributed by atoms with Crippen LogP contribution in [0.25, 0.3) is 0 Å². The predicted octanol–water partition coefficient (Wildman–Crippen LogP) is 3.98. The molecule has 0 saturated carbocycles. The summed E-state index contributed by atoms with van der Waals surface area (Å²) in [4.78, 5) is 23.7. The summed E-state index contributed by atoms with van der Waals surface area (Å²) >= 11 is 0. The monoisotopic (exact) mass is 409 g/mol. The predicted molar refractivity (Wildman–Crippen MR) is 106 cm³/mol. The Morgan fingerprint density at radius 3 is 2.55 bits per heavy atom. The molecule has 1 unspecified atom stereocenters. The van der Waals surface area contributed by atoms with Crippen LogP contribution in [0, 0.1) is 0 Å². The van der Waals surface area contributed by atoms with Gasteiger partial charge in [0.1, 0.15) is 0 Å². The zero-order valence-corrected chi connectivity index (χ0v) is 16.6. The fraction of sp³-hybridized carbons (Fsp3) is 0.545. The molecule has 0 radical (unpaired) electrons. The SMILES string of the molecule is C[C@@H](c1ccccc1)[C@H](O)C=CC1CC(F)(F)C(=O)N1CCCCCCC(=O)O. The highest BCUT2D eigenvalue weighted by atomic mass is 19.3. The highest BCUT2D eigenvalue weighted by Crippen LogP contribution is 2.34. The normalized spacial score (nSPS) is 20.9. The summed E-state index contributed by atoms with van der Waals surface area (Å²) < 4.78 is 27.9. The number of hydrogen-bond donors (Lipinski definition) is 2. The minimum absolute atomic E-state index is 0.0869. The molecule has 29 heavy (non-hydrogen) atoms. The Morgan fingerprint density at radius 1 is 1.24 bits per heavy atom. The minimum atomic E-state index is -3.39. The van der Waals surface area contributed by atoms with Gasteiger partial charge in [0, 0.05) is 25.3 Å². The van der Waals surface area contributed by atoms with Crippen LogP contribution in [0.3, 0.4) is 0 Å². The van der Waals surface area contributed by atoms with Crippen LogP contribution in [-0.4, -0.2) is 51.6 Å². The van der Waals surface area contributed by atoms with Crippen molar-refractivity contribution < 1.29 is 28.6 Å². The van der Waals surface area contributed by atoms with Crippen LogP contribution in [0.4, 0.5) is 8.78 Å². The van der Waals surface area contributed by atoms with Crippen LogP contribution in [-0.2, 0) is 9.59 Å². The maximum atomic E-state index is 14.0. The van der Waals surface area contributed by atoms with E-state index in [2.05, 4.69) is 0 Å². The van der Waals surface area contributed by atoms with E-state index < -0.39 is 36.4 Å². The van der Waals surface area contributed by atoms with Crippen molar-refractivity contribution in [3.63, 3.8) is 0 Å². The average Bonchev–Trinajstić information content (AvgIpc) is 2.91. The molecule has 5 nitrogen and oxygen atoms in total. The molecule has 1 amide bonds. The lowest BCUT2D eigenvalue weighted by atomic mass is 9.94. The highest BCUT2D eigenvalue weighted by Gasteiger charge is 2.52. The van der Waals surface area contributed by atoms with E-state index in [1.807, 2.05) is 37.3 Å². The van der Waals surface area contributed by atoms with Crippen LogP contribution in [0.2, 0.25) is 0 Å². The van der Waals surface area contributed by atoms with E-state index in [1.54, 1.807) is 0 Å². The number of aliphatic carboxylic acids is 1. The van der Waals surface area contributed by atoms with Gasteiger partial charge in [-0.3, -0.25) is 9.59 Å². The van der Waals surface area contributed by atoms with Gasteiger partial charge < -0.3 is 15.1 Å². The number of aliphatic hydroxyl groups excluding tert-OH is 1. The number of nitrogens with zero attached hydrogens (tertiary/aromatic N) is 1. The number of carboxylic acids is 1. The molecule has 0 bridgehead atoms. The van der Waals surface area contributed by atoms with E-state index in [1.165, 1.54) is 17.1 Å². The standard InChI is InChI=1S/C22H29F2NO4/c1-16(17-9-5-4-6-10-17)19(26)13-12-18-15-22(23,24)21(29)25(18)14-8-3-2-7-11-20(27)28/h4-6,9-10,12-13,16,18-19,26H,2-3,7-8,11,14-15H2,1H3,(H,27,28)/t16-,18?,19+/m0/s1. The summed E-state index contributed by atoms with van der Waals surface area (Å²) in [6, 6.07) is 8.66. The lowest BCUT2D eigenvalue weighted by Gasteiger charge is -2.22. The van der Waals surface area contributed by atoms with Gasteiger partial charge in [-0.15, -0.1) is 0 Å². The molecule has 0 spiro atoms. The summed E-state index contributed by atoms with van der Waals surface area (Å²) in [7, 11) is 0. The van der Waals surface area contributed by atoms with E-state index in [9.17, 15) is 23.5 Å². The third-order valence-electron chi connectivity index (χ3n) is 5.35. The van der Waals surface area contributed by atoms with Gasteiger partial charge in [0.15, 0.2) is 0 Å². The Balaban J connectivity index is 1.92. The summed E-state index contributed by atoms with van der Waals surface area (Å²) in [6.07, 6.45) is 4.08. The van der Waals surface area contributed by atoms with Crippen LogP contribution < -0.4 is 0 Å². The number of carbonyl (C=O) groups is 2. The first-order chi connectivity index (χ1) is 13.7. The number of alkyl halides is 2. The number of carbonyl (C=O) groups excluding carboxylic acids is 1. The number of amides is 1. The second kappa shape index (κ2) is 10.5.